The number of fused-ring (bicyclic) bond motifs is 1. The predicted octanol–water partition coefficient (Wildman–Crippen LogP) is 2.76. The Morgan fingerprint density at radius 3 is 2.93 bits per heavy atom. The highest BCUT2D eigenvalue weighted by Crippen LogP contribution is 2.23. The van der Waals surface area contributed by atoms with Crippen molar-refractivity contribution in [1.82, 2.24) is 0 Å². The molecule has 2 rings (SSSR count). The maximum absolute atomic E-state index is 7.85. The van der Waals surface area contributed by atoms with E-state index in [4.69, 9.17) is 5.41 Å². The molecule has 1 aromatic carbocycles. The molecule has 14 heavy (non-hydrogen) atoms. The van der Waals surface area contributed by atoms with E-state index in [1.807, 2.05) is 25.1 Å². The second kappa shape index (κ2) is 3.67. The van der Waals surface area contributed by atoms with Crippen molar-refractivity contribution < 1.29 is 0 Å². The molecular weight excluding hydrogens is 170 g/mol. The van der Waals surface area contributed by atoms with Gasteiger partial charge >= 0.3 is 0 Å². The smallest absolute Gasteiger partial charge is 0.0389 e. The molecular formula is C13H13N. The zero-order valence-corrected chi connectivity index (χ0v) is 8.35. The van der Waals surface area contributed by atoms with Crippen molar-refractivity contribution in [2.24, 2.45) is 0 Å². The number of benzene rings is 1. The first-order valence-electron chi connectivity index (χ1n) is 4.95. The maximum Gasteiger partial charge on any atom is 0.0389 e. The molecule has 0 aliphatic heterocycles. The van der Waals surface area contributed by atoms with Gasteiger partial charge in [-0.15, -0.1) is 5.92 Å². The molecule has 1 aliphatic carbocycles. The highest BCUT2D eigenvalue weighted by Gasteiger charge is 2.15. The summed E-state index contributed by atoms with van der Waals surface area (Å²) in [6.07, 6.45) is 3.08. The molecule has 1 heteroatoms. The first kappa shape index (κ1) is 9.02. The van der Waals surface area contributed by atoms with Crippen molar-refractivity contribution in [3.05, 3.63) is 34.9 Å². The molecule has 0 saturated heterocycles. The quantitative estimate of drug-likeness (QED) is 0.598. The lowest BCUT2D eigenvalue weighted by Gasteiger charge is -2.17. The van der Waals surface area contributed by atoms with Crippen LogP contribution in [0.5, 0.6) is 0 Å². The molecule has 0 atom stereocenters. The van der Waals surface area contributed by atoms with Crippen LogP contribution in [0.15, 0.2) is 18.2 Å². The predicted molar refractivity (Wildman–Crippen MR) is 58.8 cm³/mol. The second-order valence-electron chi connectivity index (χ2n) is 3.54. The van der Waals surface area contributed by atoms with Crippen LogP contribution in [0.2, 0.25) is 0 Å². The van der Waals surface area contributed by atoms with Crippen LogP contribution in [0.3, 0.4) is 0 Å². The molecule has 0 unspecified atom stereocenters. The highest BCUT2D eigenvalue weighted by molar-refractivity contribution is 6.00. The summed E-state index contributed by atoms with van der Waals surface area (Å²) in [5.74, 6) is 6.04. The Bertz CT molecular complexity index is 432. The highest BCUT2D eigenvalue weighted by atomic mass is 14.4. The third kappa shape index (κ3) is 1.44. The van der Waals surface area contributed by atoms with Crippen LogP contribution in [-0.4, -0.2) is 5.71 Å². The Kier molecular flexibility index (Phi) is 2.37. The Morgan fingerprint density at radius 1 is 1.29 bits per heavy atom. The first-order chi connectivity index (χ1) is 6.83. The zero-order chi connectivity index (χ0) is 9.97. The summed E-state index contributed by atoms with van der Waals surface area (Å²) >= 11 is 0. The molecule has 1 nitrogen and oxygen atoms in total. The van der Waals surface area contributed by atoms with Gasteiger partial charge in [-0.25, -0.2) is 0 Å². The van der Waals surface area contributed by atoms with Crippen LogP contribution >= 0.6 is 0 Å². The molecule has 0 radical (unpaired) electrons. The molecule has 1 N–H and O–H groups in total. The van der Waals surface area contributed by atoms with Gasteiger partial charge in [0.05, 0.1) is 0 Å². The molecule has 0 heterocycles. The Hall–Kier alpha value is -1.55. The maximum atomic E-state index is 7.85. The molecule has 70 valence electrons. The van der Waals surface area contributed by atoms with Crippen molar-refractivity contribution in [2.45, 2.75) is 26.2 Å². The molecule has 0 spiro atoms. The number of rotatable bonds is 0. The van der Waals surface area contributed by atoms with Gasteiger partial charge in [0.15, 0.2) is 0 Å². The van der Waals surface area contributed by atoms with E-state index in [2.05, 4.69) is 11.8 Å². The lowest BCUT2D eigenvalue weighted by molar-refractivity contribution is 0.833. The van der Waals surface area contributed by atoms with Crippen LogP contribution in [0, 0.1) is 17.3 Å². The van der Waals surface area contributed by atoms with E-state index in [1.54, 1.807) is 0 Å². The Balaban J connectivity index is 2.58. The van der Waals surface area contributed by atoms with E-state index in [1.165, 1.54) is 5.56 Å². The molecule has 0 fully saturated rings. The summed E-state index contributed by atoms with van der Waals surface area (Å²) in [5.41, 5.74) is 4.26. The molecule has 1 aromatic rings. The van der Waals surface area contributed by atoms with E-state index in [0.29, 0.717) is 0 Å². The fourth-order valence-corrected chi connectivity index (χ4v) is 1.97. The van der Waals surface area contributed by atoms with E-state index in [0.717, 1.165) is 36.1 Å². The van der Waals surface area contributed by atoms with Crippen molar-refractivity contribution in [3.8, 4) is 11.8 Å². The van der Waals surface area contributed by atoms with Crippen LogP contribution in [0.1, 0.15) is 36.5 Å². The summed E-state index contributed by atoms with van der Waals surface area (Å²) < 4.78 is 0. The van der Waals surface area contributed by atoms with Crippen LogP contribution in [0.25, 0.3) is 0 Å². The molecule has 0 bridgehead atoms. The van der Waals surface area contributed by atoms with E-state index < -0.39 is 0 Å². The summed E-state index contributed by atoms with van der Waals surface area (Å²) in [6, 6.07) is 6.09. The molecule has 0 aromatic heterocycles. The van der Waals surface area contributed by atoms with Gasteiger partial charge < -0.3 is 5.41 Å². The van der Waals surface area contributed by atoms with Crippen LogP contribution in [-0.2, 0) is 6.42 Å². The van der Waals surface area contributed by atoms with Crippen molar-refractivity contribution in [3.63, 3.8) is 0 Å². The Labute approximate surface area is 84.7 Å². The van der Waals surface area contributed by atoms with Gasteiger partial charge in [0.2, 0.25) is 0 Å². The van der Waals surface area contributed by atoms with Gasteiger partial charge in [0.1, 0.15) is 0 Å². The summed E-state index contributed by atoms with van der Waals surface area (Å²) in [5, 5.41) is 7.85. The summed E-state index contributed by atoms with van der Waals surface area (Å²) in [7, 11) is 0. The fraction of sp³-hybridized carbons (Fsp3) is 0.308. The van der Waals surface area contributed by atoms with Gasteiger partial charge in [-0.3, -0.25) is 0 Å². The average molecular weight is 183 g/mol. The fourth-order valence-electron chi connectivity index (χ4n) is 1.97. The first-order valence-corrected chi connectivity index (χ1v) is 4.95. The van der Waals surface area contributed by atoms with Gasteiger partial charge in [-0.2, -0.15) is 0 Å². The third-order valence-electron chi connectivity index (χ3n) is 2.61. The summed E-state index contributed by atoms with van der Waals surface area (Å²) in [6.45, 7) is 1.85. The second-order valence-corrected chi connectivity index (χ2v) is 3.54. The molecule has 0 saturated carbocycles. The minimum atomic E-state index is 0.769. The largest absolute Gasteiger partial charge is 0.305 e. The van der Waals surface area contributed by atoms with Crippen LogP contribution < -0.4 is 0 Å². The van der Waals surface area contributed by atoms with Crippen molar-refractivity contribution in [2.75, 3.05) is 0 Å². The van der Waals surface area contributed by atoms with E-state index in [9.17, 15) is 0 Å². The van der Waals surface area contributed by atoms with Gasteiger partial charge in [0, 0.05) is 11.3 Å². The monoisotopic (exact) mass is 183 g/mol. The van der Waals surface area contributed by atoms with Gasteiger partial charge in [-0.05, 0) is 43.4 Å². The van der Waals surface area contributed by atoms with Crippen molar-refractivity contribution in [1.29, 1.82) is 5.41 Å². The lowest BCUT2D eigenvalue weighted by atomic mass is 9.87. The topological polar surface area (TPSA) is 23.9 Å². The minimum absolute atomic E-state index is 0.769. The SMILES string of the molecule is CC#Cc1cccc2c1CCCC2=N. The number of hydrogen-bond acceptors (Lipinski definition) is 1. The normalized spacial score (nSPS) is 14.2. The molecule has 0 amide bonds. The average Bonchev–Trinajstić information content (AvgIpc) is 2.20. The van der Waals surface area contributed by atoms with Gasteiger partial charge in [0.25, 0.3) is 0 Å². The standard InChI is InChI=1S/C13H13N/c1-2-5-10-6-3-8-12-11(10)7-4-9-13(12)14/h3,6,8,14H,4,7,9H2,1H3. The van der Waals surface area contributed by atoms with Gasteiger partial charge in [-0.1, -0.05) is 18.1 Å². The third-order valence-corrected chi connectivity index (χ3v) is 2.61. The molecule has 1 aliphatic rings. The zero-order valence-electron chi connectivity index (χ0n) is 8.35. The Morgan fingerprint density at radius 2 is 2.14 bits per heavy atom. The number of nitrogens with one attached hydrogen (secondary N) is 1. The van der Waals surface area contributed by atoms with E-state index >= 15 is 0 Å². The number of hydrogen-bond donors (Lipinski definition) is 1. The minimum Gasteiger partial charge on any atom is -0.305 e. The van der Waals surface area contributed by atoms with Crippen LogP contribution in [0.4, 0.5) is 0 Å². The lowest BCUT2D eigenvalue weighted by Crippen LogP contribution is -2.11. The van der Waals surface area contributed by atoms with Crippen molar-refractivity contribution >= 4 is 5.71 Å². The van der Waals surface area contributed by atoms with E-state index in [-0.39, 0.29) is 0 Å². The summed E-state index contributed by atoms with van der Waals surface area (Å²) in [4.78, 5) is 0.